The number of nitriles is 1. The average Bonchev–Trinajstić information content (AvgIpc) is 3.88. The van der Waals surface area contributed by atoms with E-state index in [4.69, 9.17) is 0 Å². The minimum atomic E-state index is 0.657. The van der Waals surface area contributed by atoms with Crippen LogP contribution in [0.3, 0.4) is 0 Å². The van der Waals surface area contributed by atoms with Crippen molar-refractivity contribution in [3.8, 4) is 39.7 Å². The van der Waals surface area contributed by atoms with Crippen LogP contribution in [0.4, 0.5) is 0 Å². The molecule has 11 aromatic rings. The van der Waals surface area contributed by atoms with E-state index < -0.39 is 0 Å². The Kier molecular flexibility index (Phi) is 6.48. The first kappa shape index (κ1) is 29.8. The summed E-state index contributed by atoms with van der Waals surface area (Å²) in [6.07, 6.45) is 0. The summed E-state index contributed by atoms with van der Waals surface area (Å²) in [5.41, 5.74) is 12.4. The van der Waals surface area contributed by atoms with Crippen molar-refractivity contribution in [1.29, 1.82) is 5.26 Å². The molecule has 0 saturated heterocycles. The summed E-state index contributed by atoms with van der Waals surface area (Å²) in [4.78, 5) is 0. The second kappa shape index (κ2) is 11.5. The molecule has 0 bridgehead atoms. The maximum absolute atomic E-state index is 9.40. The van der Waals surface area contributed by atoms with Gasteiger partial charge in [-0.05, 0) is 107 Å². The van der Waals surface area contributed by atoms with Gasteiger partial charge in [0.2, 0.25) is 0 Å². The summed E-state index contributed by atoms with van der Waals surface area (Å²) in [7, 11) is 0. The van der Waals surface area contributed by atoms with Crippen molar-refractivity contribution >= 4 is 75.1 Å². The Balaban J connectivity index is 1.12. The van der Waals surface area contributed by atoms with Gasteiger partial charge in [-0.1, -0.05) is 91.0 Å². The van der Waals surface area contributed by atoms with Crippen molar-refractivity contribution in [2.75, 3.05) is 0 Å². The molecule has 4 heteroatoms. The third kappa shape index (κ3) is 4.52. The zero-order valence-electron chi connectivity index (χ0n) is 28.5. The predicted octanol–water partition coefficient (Wildman–Crippen LogP) is 13.5. The summed E-state index contributed by atoms with van der Waals surface area (Å²) in [6.45, 7) is 0. The molecule has 0 atom stereocenters. The van der Waals surface area contributed by atoms with Crippen LogP contribution in [-0.4, -0.2) is 9.13 Å². The summed E-state index contributed by atoms with van der Waals surface area (Å²) >= 11 is 1.88. The van der Waals surface area contributed by atoms with Gasteiger partial charge in [-0.15, -0.1) is 11.3 Å². The maximum Gasteiger partial charge on any atom is 0.0991 e. The van der Waals surface area contributed by atoms with E-state index in [1.54, 1.807) is 0 Å². The lowest BCUT2D eigenvalue weighted by molar-refractivity contribution is 1.18. The molecule has 0 aliphatic rings. The van der Waals surface area contributed by atoms with Crippen LogP contribution >= 0.6 is 11.3 Å². The number of hydrogen-bond donors (Lipinski definition) is 0. The fraction of sp³-hybridized carbons (Fsp3) is 0. The van der Waals surface area contributed by atoms with Gasteiger partial charge >= 0.3 is 0 Å². The smallest absolute Gasteiger partial charge is 0.0991 e. The highest BCUT2D eigenvalue weighted by Crippen LogP contribution is 2.43. The molecule has 0 N–H and O–H groups in total. The van der Waals surface area contributed by atoms with Crippen LogP contribution in [0.1, 0.15) is 5.56 Å². The number of benzene rings is 8. The predicted molar refractivity (Wildman–Crippen MR) is 224 cm³/mol. The van der Waals surface area contributed by atoms with E-state index in [0.717, 1.165) is 22.4 Å². The topological polar surface area (TPSA) is 33.6 Å². The molecule has 0 unspecified atom stereocenters. The van der Waals surface area contributed by atoms with Gasteiger partial charge in [-0.3, -0.25) is 0 Å². The van der Waals surface area contributed by atoms with Gasteiger partial charge in [-0.2, -0.15) is 5.26 Å². The Morgan fingerprint density at radius 3 is 1.62 bits per heavy atom. The first-order valence-electron chi connectivity index (χ1n) is 17.8. The summed E-state index contributed by atoms with van der Waals surface area (Å²) in [5.74, 6) is 0. The lowest BCUT2D eigenvalue weighted by Gasteiger charge is -2.09. The Hall–Kier alpha value is -6.93. The van der Waals surface area contributed by atoms with Crippen LogP contribution in [-0.2, 0) is 0 Å². The van der Waals surface area contributed by atoms with Gasteiger partial charge < -0.3 is 9.13 Å². The Labute approximate surface area is 309 Å². The minimum absolute atomic E-state index is 0.657. The van der Waals surface area contributed by atoms with E-state index >= 15 is 0 Å². The number of thiophene rings is 1. The largest absolute Gasteiger partial charge is 0.309 e. The summed E-state index contributed by atoms with van der Waals surface area (Å²) in [5, 5.41) is 16.9. The molecule has 8 aromatic carbocycles. The van der Waals surface area contributed by atoms with E-state index in [0.29, 0.717) is 5.56 Å². The first-order chi connectivity index (χ1) is 26.2. The standard InChI is InChI=1S/C49H29N3S/c50-30-31-17-22-36(23-18-31)52-44-15-6-4-11-38(44)41-27-32(19-24-45(41)52)33-20-25-46-42(28-33)43-29-34(21-26-47(43)51(46)35-9-2-1-3-10-35)37-13-8-14-40-39-12-5-7-16-48(39)53-49(37)40/h1-29H. The van der Waals surface area contributed by atoms with Crippen LogP contribution in [0, 0.1) is 11.3 Å². The number of rotatable bonds is 4. The SMILES string of the molecule is N#Cc1ccc(-n2c3ccccc3c3cc(-c4ccc5c(c4)c4cc(-c6cccc7c6sc6ccccc67)ccc4n5-c4ccccc4)ccc32)cc1. The molecule has 3 heterocycles. The second-order valence-corrected chi connectivity index (χ2v) is 14.7. The fourth-order valence-corrected chi connectivity index (χ4v) is 9.55. The molecule has 0 amide bonds. The quantitative estimate of drug-likeness (QED) is 0.181. The molecular formula is C49H29N3S. The average molecular weight is 692 g/mol. The minimum Gasteiger partial charge on any atom is -0.309 e. The van der Waals surface area contributed by atoms with Crippen molar-refractivity contribution in [3.05, 3.63) is 181 Å². The number of para-hydroxylation sites is 2. The summed E-state index contributed by atoms with van der Waals surface area (Å²) in [6, 6.07) is 65.5. The normalized spacial score (nSPS) is 11.8. The molecule has 0 aliphatic carbocycles. The van der Waals surface area contributed by atoms with Gasteiger partial charge in [-0.25, -0.2) is 0 Å². The highest BCUT2D eigenvalue weighted by Gasteiger charge is 2.18. The molecule has 0 saturated carbocycles. The lowest BCUT2D eigenvalue weighted by atomic mass is 9.98. The molecule has 246 valence electrons. The Bertz CT molecular complexity index is 3280. The number of hydrogen-bond acceptors (Lipinski definition) is 2. The molecular weight excluding hydrogens is 663 g/mol. The van der Waals surface area contributed by atoms with E-state index in [2.05, 4.69) is 167 Å². The van der Waals surface area contributed by atoms with Gasteiger partial charge in [0.05, 0.1) is 33.7 Å². The van der Waals surface area contributed by atoms with Crippen LogP contribution in [0.15, 0.2) is 176 Å². The molecule has 0 fully saturated rings. The van der Waals surface area contributed by atoms with Crippen molar-refractivity contribution in [1.82, 2.24) is 9.13 Å². The number of nitrogens with zero attached hydrogens (tertiary/aromatic N) is 3. The van der Waals surface area contributed by atoms with E-state index in [1.807, 2.05) is 35.6 Å². The number of fused-ring (bicyclic) bond motifs is 9. The highest BCUT2D eigenvalue weighted by atomic mass is 32.1. The van der Waals surface area contributed by atoms with Crippen LogP contribution in [0.2, 0.25) is 0 Å². The van der Waals surface area contributed by atoms with Crippen molar-refractivity contribution < 1.29 is 0 Å². The number of aromatic nitrogens is 2. The van der Waals surface area contributed by atoms with Gasteiger partial charge in [0.15, 0.2) is 0 Å². The summed E-state index contributed by atoms with van der Waals surface area (Å²) < 4.78 is 7.34. The second-order valence-electron chi connectivity index (χ2n) is 13.7. The monoisotopic (exact) mass is 691 g/mol. The van der Waals surface area contributed by atoms with Crippen LogP contribution in [0.5, 0.6) is 0 Å². The zero-order chi connectivity index (χ0) is 35.0. The lowest BCUT2D eigenvalue weighted by Crippen LogP contribution is -1.94. The van der Waals surface area contributed by atoms with Crippen molar-refractivity contribution in [2.24, 2.45) is 0 Å². The van der Waals surface area contributed by atoms with Crippen LogP contribution < -0.4 is 0 Å². The molecule has 0 radical (unpaired) electrons. The van der Waals surface area contributed by atoms with Gasteiger partial charge in [0.1, 0.15) is 0 Å². The van der Waals surface area contributed by atoms with Gasteiger partial charge in [0, 0.05) is 53.1 Å². The van der Waals surface area contributed by atoms with Crippen LogP contribution in [0.25, 0.3) is 97.4 Å². The molecule has 0 spiro atoms. The molecule has 11 rings (SSSR count). The molecule has 3 aromatic heterocycles. The highest BCUT2D eigenvalue weighted by molar-refractivity contribution is 7.26. The Morgan fingerprint density at radius 1 is 0.396 bits per heavy atom. The maximum atomic E-state index is 9.40. The van der Waals surface area contributed by atoms with Crippen molar-refractivity contribution in [2.45, 2.75) is 0 Å². The van der Waals surface area contributed by atoms with Crippen molar-refractivity contribution in [3.63, 3.8) is 0 Å². The molecule has 53 heavy (non-hydrogen) atoms. The van der Waals surface area contributed by atoms with Gasteiger partial charge in [0.25, 0.3) is 0 Å². The fourth-order valence-electron chi connectivity index (χ4n) is 8.32. The van der Waals surface area contributed by atoms with E-state index in [-0.39, 0.29) is 0 Å². The molecule has 3 nitrogen and oxygen atoms in total. The van der Waals surface area contributed by atoms with E-state index in [9.17, 15) is 5.26 Å². The first-order valence-corrected chi connectivity index (χ1v) is 18.6. The third-order valence-electron chi connectivity index (χ3n) is 10.8. The zero-order valence-corrected chi connectivity index (χ0v) is 29.3. The Morgan fingerprint density at radius 2 is 0.925 bits per heavy atom. The third-order valence-corrected chi connectivity index (χ3v) is 12.0. The molecule has 0 aliphatic heterocycles. The van der Waals surface area contributed by atoms with E-state index in [1.165, 1.54) is 75.0 Å².